The van der Waals surface area contributed by atoms with Gasteiger partial charge in [-0.1, -0.05) is 19.8 Å². The van der Waals surface area contributed by atoms with Gasteiger partial charge in [0, 0.05) is 0 Å². The molecule has 3 unspecified atom stereocenters. The molecular formula is C12H19F3O3. The molecule has 1 aliphatic rings. The van der Waals surface area contributed by atoms with Gasteiger partial charge < -0.3 is 10.2 Å². The van der Waals surface area contributed by atoms with Gasteiger partial charge in [0.15, 0.2) is 5.60 Å². The number of carboxylic acids is 1. The highest BCUT2D eigenvalue weighted by Gasteiger charge is 2.50. The molecule has 1 aliphatic carbocycles. The lowest BCUT2D eigenvalue weighted by molar-refractivity contribution is -0.199. The summed E-state index contributed by atoms with van der Waals surface area (Å²) in [6.45, 7) is 1.71. The molecule has 0 spiro atoms. The molecule has 0 saturated heterocycles. The normalized spacial score (nSPS) is 28.7. The SMILES string of the molecule is CCCC(O)(C(=O)O)C1CCCC(C(F)(F)F)C1. The van der Waals surface area contributed by atoms with Crippen LogP contribution in [0.4, 0.5) is 13.2 Å². The van der Waals surface area contributed by atoms with Gasteiger partial charge in [-0.15, -0.1) is 0 Å². The number of rotatable bonds is 4. The fraction of sp³-hybridized carbons (Fsp3) is 0.917. The van der Waals surface area contributed by atoms with Crippen molar-refractivity contribution in [2.24, 2.45) is 11.8 Å². The summed E-state index contributed by atoms with van der Waals surface area (Å²) in [6.07, 6.45) is -3.48. The van der Waals surface area contributed by atoms with E-state index in [1.807, 2.05) is 0 Å². The van der Waals surface area contributed by atoms with Gasteiger partial charge in [-0.05, 0) is 31.6 Å². The summed E-state index contributed by atoms with van der Waals surface area (Å²) in [5.41, 5.74) is -2.02. The van der Waals surface area contributed by atoms with Gasteiger partial charge in [0.05, 0.1) is 5.92 Å². The van der Waals surface area contributed by atoms with E-state index in [1.165, 1.54) is 0 Å². The largest absolute Gasteiger partial charge is 0.479 e. The van der Waals surface area contributed by atoms with Gasteiger partial charge in [-0.3, -0.25) is 0 Å². The number of aliphatic carboxylic acids is 1. The third-order valence-corrected chi connectivity index (χ3v) is 3.81. The average molecular weight is 268 g/mol. The minimum atomic E-state index is -4.30. The number of aliphatic hydroxyl groups is 1. The van der Waals surface area contributed by atoms with Gasteiger partial charge >= 0.3 is 12.1 Å². The minimum absolute atomic E-state index is 0.00240. The van der Waals surface area contributed by atoms with Crippen molar-refractivity contribution in [2.75, 3.05) is 0 Å². The molecular weight excluding hydrogens is 249 g/mol. The van der Waals surface area contributed by atoms with Gasteiger partial charge in [0.25, 0.3) is 0 Å². The van der Waals surface area contributed by atoms with E-state index >= 15 is 0 Å². The molecule has 1 fully saturated rings. The highest BCUT2D eigenvalue weighted by molar-refractivity contribution is 5.77. The number of carboxylic acid groups (broad SMARTS) is 1. The van der Waals surface area contributed by atoms with Crippen molar-refractivity contribution in [1.29, 1.82) is 0 Å². The molecule has 18 heavy (non-hydrogen) atoms. The molecule has 0 aliphatic heterocycles. The topological polar surface area (TPSA) is 57.5 Å². The lowest BCUT2D eigenvalue weighted by atomic mass is 9.71. The molecule has 3 atom stereocenters. The zero-order chi connectivity index (χ0) is 14.0. The molecule has 1 rings (SSSR count). The Hall–Kier alpha value is -0.780. The van der Waals surface area contributed by atoms with Gasteiger partial charge in [0.2, 0.25) is 0 Å². The van der Waals surface area contributed by atoms with Crippen LogP contribution in [0.3, 0.4) is 0 Å². The summed E-state index contributed by atoms with van der Waals surface area (Å²) in [5.74, 6) is -3.70. The van der Waals surface area contributed by atoms with Gasteiger partial charge in [-0.25, -0.2) is 4.79 Å². The van der Waals surface area contributed by atoms with Crippen LogP contribution in [0, 0.1) is 11.8 Å². The molecule has 0 aromatic rings. The van der Waals surface area contributed by atoms with Crippen molar-refractivity contribution in [3.8, 4) is 0 Å². The van der Waals surface area contributed by atoms with E-state index in [4.69, 9.17) is 5.11 Å². The van der Waals surface area contributed by atoms with Crippen molar-refractivity contribution < 1.29 is 28.2 Å². The Bertz CT molecular complexity index is 303. The van der Waals surface area contributed by atoms with Crippen LogP contribution >= 0.6 is 0 Å². The highest BCUT2D eigenvalue weighted by Crippen LogP contribution is 2.44. The maximum Gasteiger partial charge on any atom is 0.391 e. The second-order valence-electron chi connectivity index (χ2n) is 5.08. The molecule has 0 heterocycles. The molecule has 6 heteroatoms. The van der Waals surface area contributed by atoms with Crippen molar-refractivity contribution in [3.05, 3.63) is 0 Å². The van der Waals surface area contributed by atoms with Crippen LogP contribution in [0.5, 0.6) is 0 Å². The van der Waals surface area contributed by atoms with Crippen molar-refractivity contribution in [3.63, 3.8) is 0 Å². The Balaban J connectivity index is 2.84. The predicted octanol–water partition coefficient (Wildman–Crippen LogP) is 2.97. The lowest BCUT2D eigenvalue weighted by Crippen LogP contribution is -2.48. The van der Waals surface area contributed by atoms with Crippen molar-refractivity contribution >= 4 is 5.97 Å². The molecule has 2 N–H and O–H groups in total. The first-order valence-electron chi connectivity index (χ1n) is 6.24. The third-order valence-electron chi connectivity index (χ3n) is 3.81. The second kappa shape index (κ2) is 5.47. The number of halogens is 3. The molecule has 0 amide bonds. The van der Waals surface area contributed by atoms with E-state index in [9.17, 15) is 23.1 Å². The maximum absolute atomic E-state index is 12.7. The number of alkyl halides is 3. The minimum Gasteiger partial charge on any atom is -0.479 e. The first kappa shape index (κ1) is 15.3. The molecule has 0 radical (unpaired) electrons. The Kier molecular flexibility index (Phi) is 4.64. The predicted molar refractivity (Wildman–Crippen MR) is 59.0 cm³/mol. The standard InChI is InChI=1S/C12H19F3O3/c1-2-6-11(18,10(16)17)8-4-3-5-9(7-8)12(13,14)15/h8-9,18H,2-7H2,1H3,(H,16,17). The summed E-state index contributed by atoms with van der Waals surface area (Å²) in [4.78, 5) is 11.1. The molecule has 3 nitrogen and oxygen atoms in total. The second-order valence-corrected chi connectivity index (χ2v) is 5.08. The summed E-state index contributed by atoms with van der Waals surface area (Å²) < 4.78 is 38.0. The van der Waals surface area contributed by atoms with Crippen LogP contribution in [0.2, 0.25) is 0 Å². The smallest absolute Gasteiger partial charge is 0.391 e. The van der Waals surface area contributed by atoms with E-state index in [-0.39, 0.29) is 19.3 Å². The summed E-state index contributed by atoms with van der Waals surface area (Å²) in [7, 11) is 0. The average Bonchev–Trinajstić information content (AvgIpc) is 2.28. The zero-order valence-corrected chi connectivity index (χ0v) is 10.3. The van der Waals surface area contributed by atoms with Crippen LogP contribution in [0.15, 0.2) is 0 Å². The Morgan fingerprint density at radius 2 is 1.83 bits per heavy atom. The monoisotopic (exact) mass is 268 g/mol. The number of hydrogen-bond donors (Lipinski definition) is 2. The Morgan fingerprint density at radius 1 is 1.28 bits per heavy atom. The quantitative estimate of drug-likeness (QED) is 0.824. The van der Waals surface area contributed by atoms with Gasteiger partial charge in [0.1, 0.15) is 0 Å². The van der Waals surface area contributed by atoms with Crippen LogP contribution in [0.25, 0.3) is 0 Å². The van der Waals surface area contributed by atoms with E-state index in [0.717, 1.165) is 0 Å². The van der Waals surface area contributed by atoms with Crippen LogP contribution in [0.1, 0.15) is 45.4 Å². The number of hydrogen-bond acceptors (Lipinski definition) is 2. The molecule has 0 bridgehead atoms. The molecule has 106 valence electrons. The third kappa shape index (κ3) is 3.16. The summed E-state index contributed by atoms with van der Waals surface area (Å²) >= 11 is 0. The van der Waals surface area contributed by atoms with Crippen molar-refractivity contribution in [2.45, 2.75) is 57.2 Å². The number of carbonyl (C=O) groups is 1. The summed E-state index contributed by atoms with van der Waals surface area (Å²) in [5, 5.41) is 19.2. The lowest BCUT2D eigenvalue weighted by Gasteiger charge is -2.38. The zero-order valence-electron chi connectivity index (χ0n) is 10.3. The Labute approximate surface area is 104 Å². The van der Waals surface area contributed by atoms with E-state index in [0.29, 0.717) is 19.3 Å². The van der Waals surface area contributed by atoms with Crippen molar-refractivity contribution in [1.82, 2.24) is 0 Å². The maximum atomic E-state index is 12.7. The molecule has 0 aromatic carbocycles. The first-order valence-corrected chi connectivity index (χ1v) is 6.24. The summed E-state index contributed by atoms with van der Waals surface area (Å²) in [6, 6.07) is 0. The highest BCUT2D eigenvalue weighted by atomic mass is 19.4. The fourth-order valence-electron chi connectivity index (χ4n) is 2.79. The molecule has 1 saturated carbocycles. The Morgan fingerprint density at radius 3 is 2.28 bits per heavy atom. The van der Waals surface area contributed by atoms with Gasteiger partial charge in [-0.2, -0.15) is 13.2 Å². The van der Waals surface area contributed by atoms with E-state index < -0.39 is 29.6 Å². The molecule has 0 aromatic heterocycles. The van der Waals surface area contributed by atoms with Crippen LogP contribution in [-0.2, 0) is 4.79 Å². The van der Waals surface area contributed by atoms with E-state index in [1.54, 1.807) is 6.92 Å². The first-order chi connectivity index (χ1) is 8.21. The van der Waals surface area contributed by atoms with Crippen LogP contribution in [-0.4, -0.2) is 28.0 Å². The fourth-order valence-corrected chi connectivity index (χ4v) is 2.79. The van der Waals surface area contributed by atoms with Crippen LogP contribution < -0.4 is 0 Å². The van der Waals surface area contributed by atoms with E-state index in [2.05, 4.69) is 0 Å².